The summed E-state index contributed by atoms with van der Waals surface area (Å²) in [6.45, 7) is 2.27. The number of ether oxygens (including phenoxy) is 1. The van der Waals surface area contributed by atoms with Crippen LogP contribution in [0.1, 0.15) is 23.7 Å². The van der Waals surface area contributed by atoms with E-state index in [0.717, 1.165) is 24.2 Å². The standard InChI is InChI=1S/C12H11BrClFO3S/c1-2-3-18-11(16)6-19-10-4-7(12(14)17)9(15)5-8(10)13/h4-5H,2-3,6H2,1H3. The molecule has 0 atom stereocenters. The molecule has 0 unspecified atom stereocenters. The van der Waals surface area contributed by atoms with E-state index >= 15 is 0 Å². The maximum Gasteiger partial charge on any atom is 0.316 e. The van der Waals surface area contributed by atoms with Crippen LogP contribution < -0.4 is 0 Å². The fraction of sp³-hybridized carbons (Fsp3) is 0.333. The van der Waals surface area contributed by atoms with Gasteiger partial charge in [-0.25, -0.2) is 4.39 Å². The SMILES string of the molecule is CCCOC(=O)CSc1cc(C(=O)Cl)c(F)cc1Br. The summed E-state index contributed by atoms with van der Waals surface area (Å²) in [6, 6.07) is 2.46. The second-order valence-corrected chi connectivity index (χ2v) is 5.76. The molecular weight excluding hydrogens is 359 g/mol. The van der Waals surface area contributed by atoms with Gasteiger partial charge in [-0.3, -0.25) is 9.59 Å². The lowest BCUT2D eigenvalue weighted by Gasteiger charge is -2.07. The number of benzene rings is 1. The third-order valence-corrected chi connectivity index (χ3v) is 4.20. The molecule has 104 valence electrons. The van der Waals surface area contributed by atoms with Crippen molar-refractivity contribution in [2.24, 2.45) is 0 Å². The van der Waals surface area contributed by atoms with Gasteiger partial charge < -0.3 is 4.74 Å². The molecule has 0 heterocycles. The number of esters is 1. The zero-order valence-electron chi connectivity index (χ0n) is 10.0. The van der Waals surface area contributed by atoms with Gasteiger partial charge in [-0.15, -0.1) is 11.8 Å². The summed E-state index contributed by atoms with van der Waals surface area (Å²) in [5.74, 6) is -0.980. The third-order valence-electron chi connectivity index (χ3n) is 2.05. The highest BCUT2D eigenvalue weighted by molar-refractivity contribution is 9.10. The number of hydrogen-bond acceptors (Lipinski definition) is 4. The molecule has 0 saturated heterocycles. The van der Waals surface area contributed by atoms with Crippen molar-refractivity contribution in [1.82, 2.24) is 0 Å². The van der Waals surface area contributed by atoms with Crippen molar-refractivity contribution in [2.75, 3.05) is 12.4 Å². The molecule has 0 spiro atoms. The van der Waals surface area contributed by atoms with E-state index in [1.54, 1.807) is 0 Å². The van der Waals surface area contributed by atoms with Crippen molar-refractivity contribution >= 4 is 50.5 Å². The number of carbonyl (C=O) groups is 2. The summed E-state index contributed by atoms with van der Waals surface area (Å²) in [5.41, 5.74) is -0.214. The Labute approximate surface area is 128 Å². The van der Waals surface area contributed by atoms with Crippen LogP contribution in [-0.4, -0.2) is 23.6 Å². The predicted molar refractivity (Wildman–Crippen MR) is 76.3 cm³/mol. The lowest BCUT2D eigenvalue weighted by Crippen LogP contribution is -2.08. The van der Waals surface area contributed by atoms with E-state index < -0.39 is 11.1 Å². The molecule has 0 radical (unpaired) electrons. The molecule has 0 N–H and O–H groups in total. The monoisotopic (exact) mass is 368 g/mol. The Hall–Kier alpha value is -0.590. The Morgan fingerprint density at radius 3 is 2.74 bits per heavy atom. The topological polar surface area (TPSA) is 43.4 Å². The average Bonchev–Trinajstić information content (AvgIpc) is 2.34. The number of rotatable bonds is 6. The fourth-order valence-electron chi connectivity index (χ4n) is 1.18. The average molecular weight is 370 g/mol. The van der Waals surface area contributed by atoms with Crippen LogP contribution in [0.4, 0.5) is 4.39 Å². The van der Waals surface area contributed by atoms with Gasteiger partial charge in [0.15, 0.2) is 0 Å². The molecule has 0 saturated carbocycles. The van der Waals surface area contributed by atoms with Crippen molar-refractivity contribution in [1.29, 1.82) is 0 Å². The summed E-state index contributed by atoms with van der Waals surface area (Å²) in [7, 11) is 0. The first-order valence-corrected chi connectivity index (χ1v) is 7.58. The van der Waals surface area contributed by atoms with E-state index in [0.29, 0.717) is 16.0 Å². The zero-order chi connectivity index (χ0) is 14.4. The Balaban J connectivity index is 2.75. The molecule has 19 heavy (non-hydrogen) atoms. The van der Waals surface area contributed by atoms with Crippen LogP contribution in [0.25, 0.3) is 0 Å². The highest BCUT2D eigenvalue weighted by Gasteiger charge is 2.14. The van der Waals surface area contributed by atoms with E-state index in [-0.39, 0.29) is 17.3 Å². The van der Waals surface area contributed by atoms with Crippen LogP contribution in [0.2, 0.25) is 0 Å². The number of halogens is 3. The Morgan fingerprint density at radius 2 is 2.16 bits per heavy atom. The molecule has 1 rings (SSSR count). The number of thioether (sulfide) groups is 1. The first-order chi connectivity index (χ1) is 8.95. The van der Waals surface area contributed by atoms with E-state index in [1.165, 1.54) is 6.07 Å². The molecule has 7 heteroatoms. The Bertz CT molecular complexity index is 496. The maximum absolute atomic E-state index is 13.4. The highest BCUT2D eigenvalue weighted by Crippen LogP contribution is 2.30. The first kappa shape index (κ1) is 16.5. The van der Waals surface area contributed by atoms with E-state index in [2.05, 4.69) is 15.9 Å². The minimum Gasteiger partial charge on any atom is -0.465 e. The van der Waals surface area contributed by atoms with Gasteiger partial charge in [-0.05, 0) is 46.1 Å². The van der Waals surface area contributed by atoms with E-state index in [4.69, 9.17) is 16.3 Å². The predicted octanol–water partition coefficient (Wildman–Crippen LogP) is 4.01. The van der Waals surface area contributed by atoms with E-state index in [1.807, 2.05) is 6.92 Å². The smallest absolute Gasteiger partial charge is 0.316 e. The molecule has 0 aliphatic carbocycles. The van der Waals surface area contributed by atoms with E-state index in [9.17, 15) is 14.0 Å². The van der Waals surface area contributed by atoms with Crippen LogP contribution >= 0.6 is 39.3 Å². The number of hydrogen-bond donors (Lipinski definition) is 0. The Morgan fingerprint density at radius 1 is 1.47 bits per heavy atom. The minimum atomic E-state index is -0.875. The second-order valence-electron chi connectivity index (χ2n) is 3.55. The molecule has 0 aliphatic heterocycles. The lowest BCUT2D eigenvalue weighted by atomic mass is 10.2. The van der Waals surface area contributed by atoms with Gasteiger partial charge >= 0.3 is 5.97 Å². The van der Waals surface area contributed by atoms with Crippen molar-refractivity contribution in [3.05, 3.63) is 28.0 Å². The lowest BCUT2D eigenvalue weighted by molar-refractivity contribution is -0.140. The van der Waals surface area contributed by atoms with Gasteiger partial charge in [0.2, 0.25) is 0 Å². The van der Waals surface area contributed by atoms with Crippen molar-refractivity contribution < 1.29 is 18.7 Å². The third kappa shape index (κ3) is 5.12. The minimum absolute atomic E-state index is 0.0835. The van der Waals surface area contributed by atoms with Crippen LogP contribution in [0.15, 0.2) is 21.5 Å². The summed E-state index contributed by atoms with van der Waals surface area (Å²) in [5, 5.41) is -0.875. The van der Waals surface area contributed by atoms with Gasteiger partial charge in [0, 0.05) is 9.37 Å². The number of carbonyl (C=O) groups excluding carboxylic acids is 2. The van der Waals surface area contributed by atoms with Gasteiger partial charge in [0.1, 0.15) is 5.82 Å². The Kier molecular flexibility index (Phi) is 6.82. The molecule has 0 fully saturated rings. The van der Waals surface area contributed by atoms with Crippen LogP contribution in [0, 0.1) is 5.82 Å². The van der Waals surface area contributed by atoms with Gasteiger partial charge in [0.25, 0.3) is 5.24 Å². The quantitative estimate of drug-likeness (QED) is 0.432. The largest absolute Gasteiger partial charge is 0.465 e. The molecule has 3 nitrogen and oxygen atoms in total. The molecule has 0 amide bonds. The summed E-state index contributed by atoms with van der Waals surface area (Å²) >= 11 is 9.58. The highest BCUT2D eigenvalue weighted by atomic mass is 79.9. The summed E-state index contributed by atoms with van der Waals surface area (Å²) in [6.07, 6.45) is 0.752. The summed E-state index contributed by atoms with van der Waals surface area (Å²) in [4.78, 5) is 22.9. The molecule has 1 aromatic rings. The second kappa shape index (κ2) is 7.87. The first-order valence-electron chi connectivity index (χ1n) is 5.43. The fourth-order valence-corrected chi connectivity index (χ4v) is 2.74. The van der Waals surface area contributed by atoms with Crippen molar-refractivity contribution in [2.45, 2.75) is 18.2 Å². The van der Waals surface area contributed by atoms with Gasteiger partial charge in [-0.1, -0.05) is 6.92 Å². The maximum atomic E-state index is 13.4. The van der Waals surface area contributed by atoms with Crippen LogP contribution in [0.3, 0.4) is 0 Å². The van der Waals surface area contributed by atoms with Crippen molar-refractivity contribution in [3.63, 3.8) is 0 Å². The molecule has 1 aromatic carbocycles. The summed E-state index contributed by atoms with van der Waals surface area (Å²) < 4.78 is 18.8. The molecular formula is C12H11BrClFO3S. The molecule has 0 aromatic heterocycles. The molecule has 0 aliphatic rings. The van der Waals surface area contributed by atoms with Gasteiger partial charge in [0.05, 0.1) is 17.9 Å². The zero-order valence-corrected chi connectivity index (χ0v) is 13.2. The van der Waals surface area contributed by atoms with Crippen molar-refractivity contribution in [3.8, 4) is 0 Å². The molecule has 0 bridgehead atoms. The van der Waals surface area contributed by atoms with Crippen LogP contribution in [0.5, 0.6) is 0 Å². The van der Waals surface area contributed by atoms with Crippen LogP contribution in [-0.2, 0) is 9.53 Å². The van der Waals surface area contributed by atoms with Gasteiger partial charge in [-0.2, -0.15) is 0 Å². The normalized spacial score (nSPS) is 10.3.